The van der Waals surface area contributed by atoms with E-state index in [-0.39, 0.29) is 5.91 Å². The van der Waals surface area contributed by atoms with Crippen LogP contribution in [0.25, 0.3) is 0 Å². The third kappa shape index (κ3) is 2.52. The fourth-order valence-electron chi connectivity index (χ4n) is 2.31. The van der Waals surface area contributed by atoms with E-state index < -0.39 is 0 Å². The Bertz CT molecular complexity index is 642. The van der Waals surface area contributed by atoms with Crippen LogP contribution in [0.2, 0.25) is 0 Å². The molecule has 0 aliphatic carbocycles. The molecule has 1 aromatic heterocycles. The molecule has 1 aliphatic heterocycles. The first-order valence-corrected chi connectivity index (χ1v) is 6.67. The smallest absolute Gasteiger partial charge is 0.229 e. The van der Waals surface area contributed by atoms with Crippen LogP contribution in [0.3, 0.4) is 0 Å². The van der Waals surface area contributed by atoms with Crippen LogP contribution in [0, 0.1) is 6.92 Å². The van der Waals surface area contributed by atoms with Crippen LogP contribution in [0.1, 0.15) is 16.8 Å². The van der Waals surface area contributed by atoms with E-state index in [1.165, 1.54) is 5.56 Å². The number of ether oxygens (including phenoxy) is 1. The summed E-state index contributed by atoms with van der Waals surface area (Å²) in [6.45, 7) is 2.68. The van der Waals surface area contributed by atoms with Crippen molar-refractivity contribution in [3.05, 3.63) is 41.1 Å². The van der Waals surface area contributed by atoms with Crippen LogP contribution in [0.5, 0.6) is 5.75 Å². The molecular formula is C15H17N3O2. The molecule has 1 aliphatic rings. The number of nitrogens with one attached hydrogen (secondary N) is 1. The minimum Gasteiger partial charge on any atom is -0.493 e. The number of rotatable bonds is 3. The standard InChI is InChI=1S/C15H17N3O2/c1-10-7-14(17-18(10)2)16-15(19)9-11-3-4-12-5-6-20-13(12)8-11/h3-4,7-8H,5-6,9H2,1-2H3,(H,16,17,19). The van der Waals surface area contributed by atoms with Crippen molar-refractivity contribution in [2.45, 2.75) is 19.8 Å². The van der Waals surface area contributed by atoms with Gasteiger partial charge >= 0.3 is 0 Å². The molecule has 2 aromatic rings. The van der Waals surface area contributed by atoms with Gasteiger partial charge in [0.2, 0.25) is 5.91 Å². The molecule has 0 radical (unpaired) electrons. The highest BCUT2D eigenvalue weighted by Gasteiger charge is 2.14. The van der Waals surface area contributed by atoms with Gasteiger partial charge in [0.25, 0.3) is 0 Å². The first-order valence-electron chi connectivity index (χ1n) is 6.67. The molecule has 1 N–H and O–H groups in total. The van der Waals surface area contributed by atoms with Crippen LogP contribution in [-0.2, 0) is 24.7 Å². The summed E-state index contributed by atoms with van der Waals surface area (Å²) in [5.41, 5.74) is 3.18. The van der Waals surface area contributed by atoms with Crippen LogP contribution in [0.4, 0.5) is 5.82 Å². The number of amides is 1. The van der Waals surface area contributed by atoms with E-state index in [1.54, 1.807) is 4.68 Å². The van der Waals surface area contributed by atoms with Crippen molar-refractivity contribution < 1.29 is 9.53 Å². The van der Waals surface area contributed by atoms with E-state index in [0.29, 0.717) is 12.2 Å². The number of nitrogens with zero attached hydrogens (tertiary/aromatic N) is 2. The maximum atomic E-state index is 12.0. The monoisotopic (exact) mass is 271 g/mol. The lowest BCUT2D eigenvalue weighted by atomic mass is 10.1. The van der Waals surface area contributed by atoms with Gasteiger partial charge < -0.3 is 10.1 Å². The molecule has 0 atom stereocenters. The molecule has 0 saturated heterocycles. The molecular weight excluding hydrogens is 254 g/mol. The van der Waals surface area contributed by atoms with Crippen LogP contribution in [-0.4, -0.2) is 22.3 Å². The van der Waals surface area contributed by atoms with Crippen molar-refractivity contribution in [3.63, 3.8) is 0 Å². The van der Waals surface area contributed by atoms with Gasteiger partial charge in [0.15, 0.2) is 5.82 Å². The van der Waals surface area contributed by atoms with Crippen molar-refractivity contribution in [2.75, 3.05) is 11.9 Å². The number of hydrogen-bond acceptors (Lipinski definition) is 3. The molecule has 2 heterocycles. The zero-order valence-electron chi connectivity index (χ0n) is 11.6. The molecule has 1 aromatic carbocycles. The number of carbonyl (C=O) groups excluding carboxylic acids is 1. The number of aromatic nitrogens is 2. The highest BCUT2D eigenvalue weighted by atomic mass is 16.5. The Morgan fingerprint density at radius 1 is 1.45 bits per heavy atom. The Balaban J connectivity index is 1.67. The zero-order valence-corrected chi connectivity index (χ0v) is 11.6. The summed E-state index contributed by atoms with van der Waals surface area (Å²) in [5.74, 6) is 1.43. The van der Waals surface area contributed by atoms with Crippen molar-refractivity contribution in [1.29, 1.82) is 0 Å². The lowest BCUT2D eigenvalue weighted by Crippen LogP contribution is -2.15. The fourth-order valence-corrected chi connectivity index (χ4v) is 2.31. The third-order valence-electron chi connectivity index (χ3n) is 3.51. The second-order valence-electron chi connectivity index (χ2n) is 5.06. The van der Waals surface area contributed by atoms with Crippen molar-refractivity contribution in [1.82, 2.24) is 9.78 Å². The Labute approximate surface area is 117 Å². The summed E-state index contributed by atoms with van der Waals surface area (Å²) < 4.78 is 7.25. The van der Waals surface area contributed by atoms with E-state index in [9.17, 15) is 4.79 Å². The Morgan fingerprint density at radius 3 is 3.05 bits per heavy atom. The normalized spacial score (nSPS) is 12.9. The summed E-state index contributed by atoms with van der Waals surface area (Å²) in [5, 5.41) is 7.02. The highest BCUT2D eigenvalue weighted by molar-refractivity contribution is 5.91. The Morgan fingerprint density at radius 2 is 2.30 bits per heavy atom. The zero-order chi connectivity index (χ0) is 14.1. The van der Waals surface area contributed by atoms with Gasteiger partial charge in [0.1, 0.15) is 5.75 Å². The number of benzene rings is 1. The molecule has 0 unspecified atom stereocenters. The van der Waals surface area contributed by atoms with Crippen LogP contribution in [0.15, 0.2) is 24.3 Å². The average molecular weight is 271 g/mol. The van der Waals surface area contributed by atoms with E-state index in [0.717, 1.165) is 30.0 Å². The molecule has 0 spiro atoms. The van der Waals surface area contributed by atoms with Gasteiger partial charge in [-0.3, -0.25) is 9.48 Å². The maximum absolute atomic E-state index is 12.0. The first kappa shape index (κ1) is 12.7. The molecule has 5 heteroatoms. The molecule has 3 rings (SSSR count). The third-order valence-corrected chi connectivity index (χ3v) is 3.51. The minimum absolute atomic E-state index is 0.0685. The number of carbonyl (C=O) groups is 1. The molecule has 0 fully saturated rings. The van der Waals surface area contributed by atoms with Crippen molar-refractivity contribution >= 4 is 11.7 Å². The molecule has 1 amide bonds. The first-order chi connectivity index (χ1) is 9.61. The molecule has 104 valence electrons. The molecule has 20 heavy (non-hydrogen) atoms. The second kappa shape index (κ2) is 5.00. The van der Waals surface area contributed by atoms with Gasteiger partial charge in [-0.2, -0.15) is 5.10 Å². The van der Waals surface area contributed by atoms with Crippen LogP contribution >= 0.6 is 0 Å². The predicted octanol–water partition coefficient (Wildman–Crippen LogP) is 1.84. The Kier molecular flexibility index (Phi) is 3.18. The maximum Gasteiger partial charge on any atom is 0.229 e. The number of aryl methyl sites for hydroxylation is 2. The van der Waals surface area contributed by atoms with Gasteiger partial charge in [-0.1, -0.05) is 12.1 Å². The predicted molar refractivity (Wildman–Crippen MR) is 75.9 cm³/mol. The molecule has 0 bridgehead atoms. The fraction of sp³-hybridized carbons (Fsp3) is 0.333. The summed E-state index contributed by atoms with van der Waals surface area (Å²) >= 11 is 0. The van der Waals surface area contributed by atoms with E-state index >= 15 is 0 Å². The van der Waals surface area contributed by atoms with Gasteiger partial charge in [0.05, 0.1) is 13.0 Å². The van der Waals surface area contributed by atoms with Crippen molar-refractivity contribution in [2.24, 2.45) is 7.05 Å². The summed E-state index contributed by atoms with van der Waals surface area (Å²) in [6, 6.07) is 7.82. The summed E-state index contributed by atoms with van der Waals surface area (Å²) in [4.78, 5) is 12.0. The number of hydrogen-bond donors (Lipinski definition) is 1. The lowest BCUT2D eigenvalue weighted by molar-refractivity contribution is -0.115. The van der Waals surface area contributed by atoms with Gasteiger partial charge in [-0.15, -0.1) is 0 Å². The second-order valence-corrected chi connectivity index (χ2v) is 5.06. The quantitative estimate of drug-likeness (QED) is 0.926. The highest BCUT2D eigenvalue weighted by Crippen LogP contribution is 2.26. The largest absolute Gasteiger partial charge is 0.493 e. The van der Waals surface area contributed by atoms with Gasteiger partial charge in [0, 0.05) is 25.2 Å². The topological polar surface area (TPSA) is 56.1 Å². The van der Waals surface area contributed by atoms with E-state index in [4.69, 9.17) is 4.74 Å². The lowest BCUT2D eigenvalue weighted by Gasteiger charge is -2.04. The average Bonchev–Trinajstić information content (AvgIpc) is 2.96. The minimum atomic E-state index is -0.0685. The molecule has 5 nitrogen and oxygen atoms in total. The number of anilines is 1. The Hall–Kier alpha value is -2.30. The summed E-state index contributed by atoms with van der Waals surface area (Å²) in [6.07, 6.45) is 1.28. The van der Waals surface area contributed by atoms with Crippen molar-refractivity contribution in [3.8, 4) is 5.75 Å². The number of fused-ring (bicyclic) bond motifs is 1. The molecule has 0 saturated carbocycles. The summed E-state index contributed by atoms with van der Waals surface area (Å²) in [7, 11) is 1.85. The van der Waals surface area contributed by atoms with E-state index in [1.807, 2.05) is 38.2 Å². The van der Waals surface area contributed by atoms with Crippen LogP contribution < -0.4 is 10.1 Å². The van der Waals surface area contributed by atoms with E-state index in [2.05, 4.69) is 10.4 Å². The van der Waals surface area contributed by atoms with Gasteiger partial charge in [-0.05, 0) is 24.1 Å². The SMILES string of the molecule is Cc1cc(NC(=O)Cc2ccc3c(c2)OCC3)nn1C. The van der Waals surface area contributed by atoms with Gasteiger partial charge in [-0.25, -0.2) is 0 Å².